The highest BCUT2D eigenvalue weighted by Crippen LogP contribution is 2.38. The van der Waals surface area contributed by atoms with E-state index in [1.165, 1.54) is 13.2 Å². The van der Waals surface area contributed by atoms with Crippen LogP contribution in [-0.4, -0.2) is 20.3 Å². The Hall–Kier alpha value is -2.63. The molecule has 0 amide bonds. The molecule has 0 saturated carbocycles. The van der Waals surface area contributed by atoms with Crippen LogP contribution in [0, 0.1) is 5.82 Å². The molecule has 3 rings (SSSR count). The maximum Gasteiger partial charge on any atom is 0.163 e. The molecule has 0 saturated heterocycles. The summed E-state index contributed by atoms with van der Waals surface area (Å²) in [5.41, 5.74) is 7.23. The lowest BCUT2D eigenvalue weighted by Crippen LogP contribution is -2.15. The van der Waals surface area contributed by atoms with Crippen molar-refractivity contribution in [2.45, 2.75) is 0 Å². The van der Waals surface area contributed by atoms with Crippen molar-refractivity contribution in [3.05, 3.63) is 36.1 Å². The highest BCUT2D eigenvalue weighted by atomic mass is 19.1. The number of anilines is 3. The summed E-state index contributed by atoms with van der Waals surface area (Å²) < 4.78 is 29.9. The number of ether oxygens (including phenoxy) is 3. The van der Waals surface area contributed by atoms with Gasteiger partial charge in [-0.15, -0.1) is 0 Å². The van der Waals surface area contributed by atoms with Gasteiger partial charge >= 0.3 is 0 Å². The smallest absolute Gasteiger partial charge is 0.163 e. The van der Waals surface area contributed by atoms with Crippen LogP contribution < -0.4 is 25.3 Å². The summed E-state index contributed by atoms with van der Waals surface area (Å²) in [6, 6.07) is 7.80. The van der Waals surface area contributed by atoms with Crippen molar-refractivity contribution in [2.75, 3.05) is 31.4 Å². The second-order valence-electron chi connectivity index (χ2n) is 4.55. The first-order valence-corrected chi connectivity index (χ1v) is 6.47. The molecule has 0 atom stereocenters. The number of fused-ring (bicyclic) bond motifs is 1. The molecular formula is C15H15FN2O3. The van der Waals surface area contributed by atoms with Gasteiger partial charge in [0.15, 0.2) is 11.5 Å². The Morgan fingerprint density at radius 1 is 1.10 bits per heavy atom. The summed E-state index contributed by atoms with van der Waals surface area (Å²) in [6.45, 7) is 0.966. The third kappa shape index (κ3) is 2.65. The molecule has 1 aliphatic heterocycles. The number of hydrogen-bond acceptors (Lipinski definition) is 5. The molecule has 0 aliphatic carbocycles. The standard InChI is InChI=1S/C15H15FN2O3/c1-19-9-2-3-10(16)12(6-9)18-13-8-15-14(7-11(13)17)20-4-5-21-15/h2-3,6-8,18H,4-5,17H2,1H3. The largest absolute Gasteiger partial charge is 0.497 e. The van der Waals surface area contributed by atoms with Gasteiger partial charge in [0, 0.05) is 18.2 Å². The summed E-state index contributed by atoms with van der Waals surface area (Å²) >= 11 is 0. The fourth-order valence-electron chi connectivity index (χ4n) is 2.08. The van der Waals surface area contributed by atoms with Crippen molar-refractivity contribution in [3.63, 3.8) is 0 Å². The fraction of sp³-hybridized carbons (Fsp3) is 0.200. The van der Waals surface area contributed by atoms with E-state index in [9.17, 15) is 4.39 Å². The minimum absolute atomic E-state index is 0.276. The molecule has 0 spiro atoms. The number of benzene rings is 2. The molecule has 21 heavy (non-hydrogen) atoms. The van der Waals surface area contributed by atoms with E-state index in [1.807, 2.05) is 0 Å². The molecule has 3 N–H and O–H groups in total. The van der Waals surface area contributed by atoms with E-state index >= 15 is 0 Å². The average Bonchev–Trinajstić information content (AvgIpc) is 2.50. The molecule has 1 aliphatic rings. The molecule has 0 radical (unpaired) electrons. The van der Waals surface area contributed by atoms with E-state index in [1.54, 1.807) is 24.3 Å². The van der Waals surface area contributed by atoms with Gasteiger partial charge in [-0.25, -0.2) is 4.39 Å². The van der Waals surface area contributed by atoms with Crippen LogP contribution in [0.5, 0.6) is 17.2 Å². The molecular weight excluding hydrogens is 275 g/mol. The van der Waals surface area contributed by atoms with Gasteiger partial charge in [0.05, 0.1) is 24.2 Å². The molecule has 2 aromatic carbocycles. The Labute approximate surface area is 121 Å². The van der Waals surface area contributed by atoms with E-state index in [4.69, 9.17) is 19.9 Å². The predicted octanol–water partition coefficient (Wildman–Crippen LogP) is 2.93. The molecule has 6 heteroatoms. The zero-order chi connectivity index (χ0) is 14.8. The van der Waals surface area contributed by atoms with E-state index in [0.717, 1.165) is 0 Å². The Morgan fingerprint density at radius 2 is 1.81 bits per heavy atom. The number of rotatable bonds is 3. The van der Waals surface area contributed by atoms with Crippen molar-refractivity contribution in [3.8, 4) is 17.2 Å². The van der Waals surface area contributed by atoms with E-state index in [2.05, 4.69) is 5.32 Å². The summed E-state index contributed by atoms with van der Waals surface area (Å²) in [5, 5.41) is 2.95. The second-order valence-corrected chi connectivity index (χ2v) is 4.55. The summed E-state index contributed by atoms with van der Waals surface area (Å²) in [6.07, 6.45) is 0. The summed E-state index contributed by atoms with van der Waals surface area (Å²) in [5.74, 6) is 1.33. The molecule has 0 bridgehead atoms. The third-order valence-corrected chi connectivity index (χ3v) is 3.16. The Balaban J connectivity index is 1.94. The van der Waals surface area contributed by atoms with Gasteiger partial charge in [0.1, 0.15) is 24.8 Å². The highest BCUT2D eigenvalue weighted by molar-refractivity contribution is 5.77. The topological polar surface area (TPSA) is 65.7 Å². The molecule has 0 fully saturated rings. The summed E-state index contributed by atoms with van der Waals surface area (Å²) in [4.78, 5) is 0. The molecule has 5 nitrogen and oxygen atoms in total. The Kier molecular flexibility index (Phi) is 3.43. The van der Waals surface area contributed by atoms with Crippen LogP contribution >= 0.6 is 0 Å². The third-order valence-electron chi connectivity index (χ3n) is 3.16. The van der Waals surface area contributed by atoms with Crippen LogP contribution in [0.25, 0.3) is 0 Å². The number of nitrogens with two attached hydrogens (primary N) is 1. The second kappa shape index (κ2) is 5.40. The Morgan fingerprint density at radius 3 is 2.52 bits per heavy atom. The molecule has 0 unspecified atom stereocenters. The maximum atomic E-state index is 13.8. The minimum atomic E-state index is -0.398. The van der Waals surface area contributed by atoms with Crippen LogP contribution in [0.4, 0.5) is 21.5 Å². The monoisotopic (exact) mass is 290 g/mol. The number of hydrogen-bond donors (Lipinski definition) is 2. The minimum Gasteiger partial charge on any atom is -0.497 e. The van der Waals surface area contributed by atoms with Crippen molar-refractivity contribution in [2.24, 2.45) is 0 Å². The highest BCUT2D eigenvalue weighted by Gasteiger charge is 2.15. The lowest BCUT2D eigenvalue weighted by Gasteiger charge is -2.20. The van der Waals surface area contributed by atoms with Crippen LogP contribution in [0.15, 0.2) is 30.3 Å². The molecule has 0 aromatic heterocycles. The lowest BCUT2D eigenvalue weighted by atomic mass is 10.2. The fourth-order valence-corrected chi connectivity index (χ4v) is 2.08. The first-order chi connectivity index (χ1) is 10.2. The predicted molar refractivity (Wildman–Crippen MR) is 78.1 cm³/mol. The lowest BCUT2D eigenvalue weighted by molar-refractivity contribution is 0.172. The van der Waals surface area contributed by atoms with Crippen molar-refractivity contribution >= 4 is 17.1 Å². The SMILES string of the molecule is COc1ccc(F)c(Nc2cc3c(cc2N)OCCO3)c1. The van der Waals surface area contributed by atoms with Crippen molar-refractivity contribution in [1.82, 2.24) is 0 Å². The van der Waals surface area contributed by atoms with E-state index < -0.39 is 5.82 Å². The maximum absolute atomic E-state index is 13.8. The van der Waals surface area contributed by atoms with Gasteiger partial charge in [-0.1, -0.05) is 0 Å². The van der Waals surface area contributed by atoms with Crippen LogP contribution in [0.2, 0.25) is 0 Å². The number of nitrogen functional groups attached to an aromatic ring is 1. The van der Waals surface area contributed by atoms with Gasteiger partial charge in [-0.2, -0.15) is 0 Å². The van der Waals surface area contributed by atoms with Crippen molar-refractivity contribution in [1.29, 1.82) is 0 Å². The van der Waals surface area contributed by atoms with Crippen LogP contribution in [0.1, 0.15) is 0 Å². The van der Waals surface area contributed by atoms with Gasteiger partial charge in [0.25, 0.3) is 0 Å². The van der Waals surface area contributed by atoms with Crippen LogP contribution in [-0.2, 0) is 0 Å². The van der Waals surface area contributed by atoms with E-state index in [-0.39, 0.29) is 5.69 Å². The van der Waals surface area contributed by atoms with Crippen LogP contribution in [0.3, 0.4) is 0 Å². The quantitative estimate of drug-likeness (QED) is 0.851. The number of halogens is 1. The zero-order valence-corrected chi connectivity index (χ0v) is 11.5. The summed E-state index contributed by atoms with van der Waals surface area (Å²) in [7, 11) is 1.52. The zero-order valence-electron chi connectivity index (χ0n) is 11.5. The number of nitrogens with one attached hydrogen (secondary N) is 1. The molecule has 110 valence electrons. The average molecular weight is 290 g/mol. The van der Waals surface area contributed by atoms with Gasteiger partial charge < -0.3 is 25.3 Å². The Bertz CT molecular complexity index is 676. The normalized spacial score (nSPS) is 12.9. The first kappa shape index (κ1) is 13.4. The number of methoxy groups -OCH3 is 1. The van der Waals surface area contributed by atoms with Crippen molar-refractivity contribution < 1.29 is 18.6 Å². The van der Waals surface area contributed by atoms with E-state index in [0.29, 0.717) is 41.8 Å². The first-order valence-electron chi connectivity index (χ1n) is 6.47. The van der Waals surface area contributed by atoms with Gasteiger partial charge in [-0.3, -0.25) is 0 Å². The molecule has 1 heterocycles. The molecule has 2 aromatic rings. The van der Waals surface area contributed by atoms with Gasteiger partial charge in [-0.05, 0) is 12.1 Å². The van der Waals surface area contributed by atoms with Gasteiger partial charge in [0.2, 0.25) is 0 Å².